The molecule has 0 unspecified atom stereocenters. The van der Waals surface area contributed by atoms with Crippen molar-refractivity contribution >= 4 is 0 Å². The second-order valence-electron chi connectivity index (χ2n) is 5.44. The molecule has 1 aromatic rings. The molecule has 0 bridgehead atoms. The Kier molecular flexibility index (Phi) is 3.52. The molecule has 0 saturated carbocycles. The minimum atomic E-state index is 0.742. The highest BCUT2D eigenvalue weighted by Gasteiger charge is 2.20. The van der Waals surface area contributed by atoms with Crippen LogP contribution < -0.4 is 10.1 Å². The van der Waals surface area contributed by atoms with Crippen molar-refractivity contribution in [1.82, 2.24) is 10.2 Å². The van der Waals surface area contributed by atoms with Crippen LogP contribution in [0.1, 0.15) is 17.5 Å². The lowest BCUT2D eigenvalue weighted by molar-refractivity contribution is 0.182. The fraction of sp³-hybridized carbons (Fsp3) is 0.600. The van der Waals surface area contributed by atoms with Gasteiger partial charge in [-0.15, -0.1) is 0 Å². The molecule has 1 aromatic carbocycles. The minimum Gasteiger partial charge on any atom is -0.493 e. The van der Waals surface area contributed by atoms with Gasteiger partial charge in [0.1, 0.15) is 5.75 Å². The molecule has 0 aliphatic carbocycles. The van der Waals surface area contributed by atoms with Crippen LogP contribution in [0.5, 0.6) is 5.75 Å². The molecule has 0 aromatic heterocycles. The van der Waals surface area contributed by atoms with Gasteiger partial charge in [-0.25, -0.2) is 0 Å². The van der Waals surface area contributed by atoms with Crippen LogP contribution in [0.4, 0.5) is 0 Å². The maximum atomic E-state index is 5.65. The number of fused-ring (bicyclic) bond motifs is 1. The number of hydrogen-bond donors (Lipinski definition) is 1. The normalized spacial score (nSPS) is 19.2. The third-order valence-electron chi connectivity index (χ3n) is 4.11. The number of nitrogens with one attached hydrogen (secondary N) is 1. The molecule has 2 aliphatic rings. The lowest BCUT2D eigenvalue weighted by atomic mass is 10.0. The molecule has 1 saturated heterocycles. The van der Waals surface area contributed by atoms with Crippen molar-refractivity contribution in [2.24, 2.45) is 0 Å². The summed E-state index contributed by atoms with van der Waals surface area (Å²) in [5.74, 6) is 1.10. The van der Waals surface area contributed by atoms with Crippen molar-refractivity contribution in [3.63, 3.8) is 0 Å². The van der Waals surface area contributed by atoms with Gasteiger partial charge in [0.15, 0.2) is 0 Å². The van der Waals surface area contributed by atoms with E-state index in [1.165, 1.54) is 17.5 Å². The molecule has 1 fully saturated rings. The quantitative estimate of drug-likeness (QED) is 0.870. The van der Waals surface area contributed by atoms with E-state index in [9.17, 15) is 0 Å². The van der Waals surface area contributed by atoms with E-state index in [1.54, 1.807) is 0 Å². The molecule has 3 heteroatoms. The monoisotopic (exact) mass is 246 g/mol. The van der Waals surface area contributed by atoms with Crippen LogP contribution in [0.25, 0.3) is 0 Å². The lowest BCUT2D eigenvalue weighted by Gasteiger charge is -2.35. The molecule has 2 heterocycles. The van der Waals surface area contributed by atoms with E-state index >= 15 is 0 Å². The highest BCUT2D eigenvalue weighted by molar-refractivity contribution is 5.38. The van der Waals surface area contributed by atoms with Gasteiger partial charge in [-0.1, -0.05) is 12.1 Å². The van der Waals surface area contributed by atoms with Crippen LogP contribution in [-0.2, 0) is 12.8 Å². The summed E-state index contributed by atoms with van der Waals surface area (Å²) in [4.78, 5) is 2.46. The number of rotatable bonds is 4. The number of benzene rings is 1. The van der Waals surface area contributed by atoms with Crippen LogP contribution >= 0.6 is 0 Å². The summed E-state index contributed by atoms with van der Waals surface area (Å²) in [6, 6.07) is 7.44. The van der Waals surface area contributed by atoms with Gasteiger partial charge in [0.05, 0.1) is 6.61 Å². The SMILES string of the molecule is CN(CCc1ccc2c(c1)CCCO2)C1CNC1. The summed E-state index contributed by atoms with van der Waals surface area (Å²) in [7, 11) is 2.23. The van der Waals surface area contributed by atoms with E-state index in [0.29, 0.717) is 0 Å². The highest BCUT2D eigenvalue weighted by atomic mass is 16.5. The van der Waals surface area contributed by atoms with Gasteiger partial charge >= 0.3 is 0 Å². The van der Waals surface area contributed by atoms with Crippen LogP contribution in [0.15, 0.2) is 18.2 Å². The zero-order chi connectivity index (χ0) is 12.4. The van der Waals surface area contributed by atoms with Crippen molar-refractivity contribution < 1.29 is 4.74 Å². The Hall–Kier alpha value is -1.06. The van der Waals surface area contributed by atoms with E-state index in [1.807, 2.05) is 0 Å². The highest BCUT2D eigenvalue weighted by Crippen LogP contribution is 2.25. The third kappa shape index (κ3) is 2.52. The summed E-state index contributed by atoms with van der Waals surface area (Å²) < 4.78 is 5.65. The Balaban J connectivity index is 1.58. The fourth-order valence-corrected chi connectivity index (χ4v) is 2.64. The Morgan fingerprint density at radius 3 is 3.06 bits per heavy atom. The third-order valence-corrected chi connectivity index (χ3v) is 4.11. The van der Waals surface area contributed by atoms with Gasteiger partial charge < -0.3 is 15.0 Å². The lowest BCUT2D eigenvalue weighted by Crippen LogP contribution is -2.56. The average Bonchev–Trinajstić information content (AvgIpc) is 2.34. The molecule has 0 atom stereocenters. The molecule has 3 nitrogen and oxygen atoms in total. The molecule has 1 N–H and O–H groups in total. The number of hydrogen-bond acceptors (Lipinski definition) is 3. The molecule has 3 rings (SSSR count). The first kappa shape index (κ1) is 12.0. The zero-order valence-corrected chi connectivity index (χ0v) is 11.1. The zero-order valence-electron chi connectivity index (χ0n) is 11.1. The maximum absolute atomic E-state index is 5.65. The molecule has 98 valence electrons. The van der Waals surface area contributed by atoms with Crippen LogP contribution in [-0.4, -0.2) is 44.2 Å². The topological polar surface area (TPSA) is 24.5 Å². The van der Waals surface area contributed by atoms with E-state index in [2.05, 4.69) is 35.5 Å². The van der Waals surface area contributed by atoms with Crippen LogP contribution in [0.2, 0.25) is 0 Å². The van der Waals surface area contributed by atoms with Gasteiger partial charge in [0.2, 0.25) is 0 Å². The van der Waals surface area contributed by atoms with E-state index in [0.717, 1.165) is 50.9 Å². The van der Waals surface area contributed by atoms with Gasteiger partial charge in [-0.2, -0.15) is 0 Å². The number of ether oxygens (including phenoxy) is 1. The van der Waals surface area contributed by atoms with Gasteiger partial charge in [-0.3, -0.25) is 0 Å². The summed E-state index contributed by atoms with van der Waals surface area (Å²) in [6.45, 7) is 4.32. The Morgan fingerprint density at radius 2 is 2.28 bits per heavy atom. The predicted octanol–water partition coefficient (Wildman–Crippen LogP) is 1.46. The van der Waals surface area contributed by atoms with Gasteiger partial charge in [0.25, 0.3) is 0 Å². The molecule has 0 amide bonds. The first-order chi connectivity index (χ1) is 8.83. The fourth-order valence-electron chi connectivity index (χ4n) is 2.64. The van der Waals surface area contributed by atoms with Crippen LogP contribution in [0.3, 0.4) is 0 Å². The van der Waals surface area contributed by atoms with E-state index in [4.69, 9.17) is 4.74 Å². The number of aryl methyl sites for hydroxylation is 1. The largest absolute Gasteiger partial charge is 0.493 e. The van der Waals surface area contributed by atoms with Gasteiger partial charge in [-0.05, 0) is 43.5 Å². The smallest absolute Gasteiger partial charge is 0.122 e. The second kappa shape index (κ2) is 5.29. The molecule has 18 heavy (non-hydrogen) atoms. The number of nitrogens with zero attached hydrogens (tertiary/aromatic N) is 1. The minimum absolute atomic E-state index is 0.742. The Morgan fingerprint density at radius 1 is 1.39 bits per heavy atom. The Bertz CT molecular complexity index is 415. The van der Waals surface area contributed by atoms with Crippen molar-refractivity contribution in [2.45, 2.75) is 25.3 Å². The predicted molar refractivity (Wildman–Crippen MR) is 73.2 cm³/mol. The first-order valence-electron chi connectivity index (χ1n) is 6.98. The molecule has 0 spiro atoms. The van der Waals surface area contributed by atoms with Crippen molar-refractivity contribution in [3.8, 4) is 5.75 Å². The summed E-state index contributed by atoms with van der Waals surface area (Å²) in [6.07, 6.45) is 3.47. The molecular formula is C15H22N2O. The summed E-state index contributed by atoms with van der Waals surface area (Å²) >= 11 is 0. The molecule has 2 aliphatic heterocycles. The maximum Gasteiger partial charge on any atom is 0.122 e. The van der Waals surface area contributed by atoms with E-state index < -0.39 is 0 Å². The second-order valence-corrected chi connectivity index (χ2v) is 5.44. The first-order valence-corrected chi connectivity index (χ1v) is 6.98. The van der Waals surface area contributed by atoms with Crippen LogP contribution in [0, 0.1) is 0 Å². The number of likely N-dealkylation sites (N-methyl/N-ethyl adjacent to an activating group) is 1. The average molecular weight is 246 g/mol. The summed E-state index contributed by atoms with van der Waals surface area (Å²) in [5, 5.41) is 3.32. The van der Waals surface area contributed by atoms with Crippen molar-refractivity contribution in [1.29, 1.82) is 0 Å². The van der Waals surface area contributed by atoms with Crippen molar-refractivity contribution in [2.75, 3.05) is 33.3 Å². The molecular weight excluding hydrogens is 224 g/mol. The Labute approximate surface area is 109 Å². The van der Waals surface area contributed by atoms with Gasteiger partial charge in [0, 0.05) is 25.7 Å². The molecule has 0 radical (unpaired) electrons. The van der Waals surface area contributed by atoms with E-state index in [-0.39, 0.29) is 0 Å². The standard InChI is InChI=1S/C15H22N2O/c1-17(14-10-16-11-14)7-6-12-4-5-15-13(9-12)3-2-8-18-15/h4-5,9,14,16H,2-3,6-8,10-11H2,1H3. The van der Waals surface area contributed by atoms with Crippen molar-refractivity contribution in [3.05, 3.63) is 29.3 Å². The summed E-state index contributed by atoms with van der Waals surface area (Å²) in [5.41, 5.74) is 2.84.